The monoisotopic (exact) mass is 331 g/mol. The highest BCUT2D eigenvalue weighted by molar-refractivity contribution is 7.89. The van der Waals surface area contributed by atoms with Crippen molar-refractivity contribution in [1.29, 1.82) is 0 Å². The molecule has 1 aromatic heterocycles. The first-order chi connectivity index (χ1) is 9.76. The average Bonchev–Trinajstić information content (AvgIpc) is 2.94. The fraction of sp³-hybridized carbons (Fsp3) is 0.643. The van der Waals surface area contributed by atoms with Gasteiger partial charge >= 0.3 is 5.97 Å². The highest BCUT2D eigenvalue weighted by atomic mass is 32.2. The molecule has 3 unspecified atom stereocenters. The quantitative estimate of drug-likeness (QED) is 0.869. The largest absolute Gasteiger partial charge is 0.477 e. The Morgan fingerprint density at radius 3 is 2.62 bits per heavy atom. The summed E-state index contributed by atoms with van der Waals surface area (Å²) in [6.07, 6.45) is 2.93. The first-order valence-corrected chi connectivity index (χ1v) is 9.42. The van der Waals surface area contributed by atoms with E-state index in [-0.39, 0.29) is 15.8 Å². The summed E-state index contributed by atoms with van der Waals surface area (Å²) in [6, 6.07) is 1.19. The van der Waals surface area contributed by atoms with Gasteiger partial charge in [-0.2, -0.15) is 0 Å². The molecule has 1 aliphatic rings. The molecular weight excluding hydrogens is 310 g/mol. The molecule has 0 radical (unpaired) electrons. The van der Waals surface area contributed by atoms with Crippen LogP contribution in [0.1, 0.15) is 47.7 Å². The molecule has 2 N–H and O–H groups in total. The summed E-state index contributed by atoms with van der Waals surface area (Å²) in [7, 11) is -3.65. The van der Waals surface area contributed by atoms with Crippen molar-refractivity contribution < 1.29 is 18.3 Å². The second kappa shape index (κ2) is 6.06. The van der Waals surface area contributed by atoms with Gasteiger partial charge in [0, 0.05) is 10.9 Å². The smallest absolute Gasteiger partial charge is 0.345 e. The van der Waals surface area contributed by atoms with Gasteiger partial charge < -0.3 is 5.11 Å². The molecule has 1 aliphatic carbocycles. The van der Waals surface area contributed by atoms with Crippen molar-refractivity contribution >= 4 is 27.3 Å². The van der Waals surface area contributed by atoms with Crippen LogP contribution in [-0.4, -0.2) is 25.5 Å². The molecule has 3 atom stereocenters. The molecule has 0 aromatic carbocycles. The molecule has 0 bridgehead atoms. The van der Waals surface area contributed by atoms with E-state index in [1.54, 1.807) is 6.92 Å². The fourth-order valence-electron chi connectivity index (χ4n) is 3.09. The van der Waals surface area contributed by atoms with Gasteiger partial charge in [0.2, 0.25) is 10.0 Å². The Bertz CT molecular complexity index is 635. The number of sulfonamides is 1. The molecule has 0 spiro atoms. The van der Waals surface area contributed by atoms with Crippen molar-refractivity contribution in [1.82, 2.24) is 4.72 Å². The normalized spacial score (nSPS) is 26.1. The van der Waals surface area contributed by atoms with Crippen molar-refractivity contribution in [3.63, 3.8) is 0 Å². The maximum absolute atomic E-state index is 12.5. The van der Waals surface area contributed by atoms with Crippen LogP contribution < -0.4 is 4.72 Å². The van der Waals surface area contributed by atoms with Gasteiger partial charge in [-0.1, -0.05) is 20.3 Å². The van der Waals surface area contributed by atoms with Gasteiger partial charge in [0.1, 0.15) is 4.88 Å². The molecule has 2 rings (SSSR count). The van der Waals surface area contributed by atoms with E-state index >= 15 is 0 Å². The van der Waals surface area contributed by atoms with Crippen molar-refractivity contribution in [3.05, 3.63) is 15.8 Å². The van der Waals surface area contributed by atoms with Gasteiger partial charge in [0.15, 0.2) is 0 Å². The SMILES string of the molecule is CCC1CCC(NS(=O)(=O)c2cc(C(=O)O)sc2C)C1C. The van der Waals surface area contributed by atoms with E-state index in [0.29, 0.717) is 16.7 Å². The van der Waals surface area contributed by atoms with Gasteiger partial charge in [-0.3, -0.25) is 0 Å². The maximum Gasteiger partial charge on any atom is 0.345 e. The third-order valence-electron chi connectivity index (χ3n) is 4.43. The van der Waals surface area contributed by atoms with Gasteiger partial charge in [0.05, 0.1) is 4.90 Å². The van der Waals surface area contributed by atoms with Gasteiger partial charge in [0.25, 0.3) is 0 Å². The number of thiophene rings is 1. The van der Waals surface area contributed by atoms with Crippen LogP contribution in [0.25, 0.3) is 0 Å². The summed E-state index contributed by atoms with van der Waals surface area (Å²) < 4.78 is 27.7. The second-order valence-electron chi connectivity index (χ2n) is 5.67. The molecule has 1 heterocycles. The Morgan fingerprint density at radius 2 is 2.14 bits per heavy atom. The lowest BCUT2D eigenvalue weighted by Gasteiger charge is -2.20. The van der Waals surface area contributed by atoms with Crippen molar-refractivity contribution in [2.75, 3.05) is 0 Å². The number of rotatable bonds is 5. The van der Waals surface area contributed by atoms with Crippen LogP contribution in [0.4, 0.5) is 0 Å². The zero-order chi connectivity index (χ0) is 15.8. The van der Waals surface area contributed by atoms with Crippen LogP contribution in [0.2, 0.25) is 0 Å². The zero-order valence-electron chi connectivity index (χ0n) is 12.4. The number of carbonyl (C=O) groups is 1. The van der Waals surface area contributed by atoms with E-state index in [9.17, 15) is 13.2 Å². The van der Waals surface area contributed by atoms with Gasteiger partial charge in [-0.05, 0) is 37.7 Å². The summed E-state index contributed by atoms with van der Waals surface area (Å²) in [4.78, 5) is 11.6. The van der Waals surface area contributed by atoms with Crippen molar-refractivity contribution in [2.45, 2.75) is 51.0 Å². The predicted molar refractivity (Wildman–Crippen MR) is 82.3 cm³/mol. The Kier molecular flexibility index (Phi) is 4.75. The topological polar surface area (TPSA) is 83.5 Å². The minimum atomic E-state index is -3.65. The number of hydrogen-bond donors (Lipinski definition) is 2. The minimum absolute atomic E-state index is 0.0544. The van der Waals surface area contributed by atoms with E-state index in [4.69, 9.17) is 5.11 Å². The van der Waals surface area contributed by atoms with Crippen LogP contribution in [0.5, 0.6) is 0 Å². The number of carboxylic acid groups (broad SMARTS) is 1. The first kappa shape index (κ1) is 16.5. The summed E-state index contributed by atoms with van der Waals surface area (Å²) >= 11 is 0.994. The molecule has 1 saturated carbocycles. The standard InChI is InChI=1S/C14H21NO4S2/c1-4-10-5-6-11(8(10)2)15-21(18,19)13-7-12(14(16)17)20-9(13)3/h7-8,10-11,15H,4-6H2,1-3H3,(H,16,17). The number of hydrogen-bond acceptors (Lipinski definition) is 4. The lowest BCUT2D eigenvalue weighted by atomic mass is 9.94. The summed E-state index contributed by atoms with van der Waals surface area (Å²) in [6.45, 7) is 5.84. The van der Waals surface area contributed by atoms with Crippen LogP contribution in [0, 0.1) is 18.8 Å². The number of aryl methyl sites for hydroxylation is 1. The average molecular weight is 331 g/mol. The van der Waals surface area contributed by atoms with Crippen LogP contribution in [0.3, 0.4) is 0 Å². The Balaban J connectivity index is 2.21. The summed E-state index contributed by atoms with van der Waals surface area (Å²) in [5, 5.41) is 8.98. The molecule has 0 saturated heterocycles. The molecule has 0 aliphatic heterocycles. The molecule has 1 fully saturated rings. The molecule has 1 aromatic rings. The molecule has 0 amide bonds. The highest BCUT2D eigenvalue weighted by Crippen LogP contribution is 2.35. The van der Waals surface area contributed by atoms with Gasteiger partial charge in [-0.15, -0.1) is 11.3 Å². The molecular formula is C14H21NO4S2. The van der Waals surface area contributed by atoms with Crippen LogP contribution in [0.15, 0.2) is 11.0 Å². The van der Waals surface area contributed by atoms with E-state index < -0.39 is 16.0 Å². The highest BCUT2D eigenvalue weighted by Gasteiger charge is 2.35. The summed E-state index contributed by atoms with van der Waals surface area (Å²) in [5.74, 6) is -0.233. The van der Waals surface area contributed by atoms with Crippen molar-refractivity contribution in [3.8, 4) is 0 Å². The predicted octanol–water partition coefficient (Wildman–Crippen LogP) is 2.86. The maximum atomic E-state index is 12.5. The first-order valence-electron chi connectivity index (χ1n) is 7.12. The molecule has 118 valence electrons. The molecule has 21 heavy (non-hydrogen) atoms. The molecule has 5 nitrogen and oxygen atoms in total. The Hall–Kier alpha value is -0.920. The minimum Gasteiger partial charge on any atom is -0.477 e. The third kappa shape index (κ3) is 3.30. The van der Waals surface area contributed by atoms with E-state index in [0.717, 1.165) is 30.6 Å². The number of carboxylic acids is 1. The third-order valence-corrected chi connectivity index (χ3v) is 7.21. The second-order valence-corrected chi connectivity index (χ2v) is 8.61. The molecule has 7 heteroatoms. The number of nitrogens with one attached hydrogen (secondary N) is 1. The van der Waals surface area contributed by atoms with E-state index in [1.807, 2.05) is 0 Å². The fourth-order valence-corrected chi connectivity index (χ4v) is 5.88. The van der Waals surface area contributed by atoms with E-state index in [1.165, 1.54) is 6.07 Å². The lowest BCUT2D eigenvalue weighted by Crippen LogP contribution is -2.37. The Morgan fingerprint density at radius 1 is 1.48 bits per heavy atom. The summed E-state index contributed by atoms with van der Waals surface area (Å²) in [5.41, 5.74) is 0. The zero-order valence-corrected chi connectivity index (χ0v) is 14.1. The Labute approximate surface area is 129 Å². The lowest BCUT2D eigenvalue weighted by molar-refractivity contribution is 0.0702. The van der Waals surface area contributed by atoms with Crippen LogP contribution in [-0.2, 0) is 10.0 Å². The van der Waals surface area contributed by atoms with E-state index in [2.05, 4.69) is 18.6 Å². The number of aromatic carboxylic acids is 1. The van der Waals surface area contributed by atoms with Crippen molar-refractivity contribution in [2.24, 2.45) is 11.8 Å². The van der Waals surface area contributed by atoms with Crippen LogP contribution >= 0.6 is 11.3 Å². The van der Waals surface area contributed by atoms with Gasteiger partial charge in [-0.25, -0.2) is 17.9 Å².